The minimum atomic E-state index is -0.0955. The van der Waals surface area contributed by atoms with E-state index in [1.807, 2.05) is 6.92 Å². The van der Waals surface area contributed by atoms with Crippen molar-refractivity contribution in [1.29, 1.82) is 0 Å². The highest BCUT2D eigenvalue weighted by Crippen LogP contribution is 2.09. The van der Waals surface area contributed by atoms with E-state index in [4.69, 9.17) is 5.73 Å². The molecule has 0 fully saturated rings. The molecule has 1 heterocycles. The van der Waals surface area contributed by atoms with Gasteiger partial charge in [0.2, 0.25) is 0 Å². The van der Waals surface area contributed by atoms with Gasteiger partial charge in [-0.2, -0.15) is 0 Å². The zero-order chi connectivity index (χ0) is 12.1. The van der Waals surface area contributed by atoms with Crippen LogP contribution in [-0.2, 0) is 0 Å². The van der Waals surface area contributed by atoms with Gasteiger partial charge in [-0.15, -0.1) is 0 Å². The highest BCUT2D eigenvalue weighted by atomic mass is 16.1. The van der Waals surface area contributed by atoms with E-state index >= 15 is 0 Å². The summed E-state index contributed by atoms with van der Waals surface area (Å²) >= 11 is 0. The van der Waals surface area contributed by atoms with Gasteiger partial charge in [0.1, 0.15) is 5.82 Å². The minimum Gasteiger partial charge on any atom is -0.384 e. The molecule has 3 N–H and O–H groups in total. The average molecular weight is 221 g/mol. The Morgan fingerprint density at radius 3 is 2.81 bits per heavy atom. The molecule has 1 aromatic rings. The highest BCUT2D eigenvalue weighted by Gasteiger charge is 2.14. The number of anilines is 1. The molecule has 0 aliphatic heterocycles. The smallest absolute Gasteiger partial charge is 0.251 e. The van der Waals surface area contributed by atoms with E-state index in [9.17, 15) is 4.79 Å². The topological polar surface area (TPSA) is 68.0 Å². The van der Waals surface area contributed by atoms with Crippen LogP contribution in [0.4, 0.5) is 5.82 Å². The number of amides is 1. The van der Waals surface area contributed by atoms with Crippen molar-refractivity contribution in [2.24, 2.45) is 5.92 Å². The zero-order valence-corrected chi connectivity index (χ0v) is 10.0. The van der Waals surface area contributed by atoms with Crippen LogP contribution in [0.25, 0.3) is 0 Å². The van der Waals surface area contributed by atoms with Crippen molar-refractivity contribution in [3.63, 3.8) is 0 Å². The van der Waals surface area contributed by atoms with E-state index in [-0.39, 0.29) is 11.9 Å². The van der Waals surface area contributed by atoms with E-state index in [0.29, 0.717) is 17.3 Å². The van der Waals surface area contributed by atoms with E-state index in [1.54, 1.807) is 12.1 Å². The summed E-state index contributed by atoms with van der Waals surface area (Å²) in [7, 11) is 0. The molecule has 4 nitrogen and oxygen atoms in total. The summed E-state index contributed by atoms with van der Waals surface area (Å²) in [6.45, 7) is 6.24. The predicted molar refractivity (Wildman–Crippen MR) is 65.0 cm³/mol. The molecular weight excluding hydrogens is 202 g/mol. The SMILES string of the molecule is CCC(C)C(C)NC(=O)c1ccnc(N)c1. The van der Waals surface area contributed by atoms with Crippen LogP contribution in [0.1, 0.15) is 37.6 Å². The summed E-state index contributed by atoms with van der Waals surface area (Å²) in [5, 5.41) is 2.95. The summed E-state index contributed by atoms with van der Waals surface area (Å²) in [5.41, 5.74) is 6.08. The lowest BCUT2D eigenvalue weighted by atomic mass is 10.0. The van der Waals surface area contributed by atoms with Gasteiger partial charge >= 0.3 is 0 Å². The first-order valence-corrected chi connectivity index (χ1v) is 5.57. The quantitative estimate of drug-likeness (QED) is 0.815. The van der Waals surface area contributed by atoms with Crippen molar-refractivity contribution in [1.82, 2.24) is 10.3 Å². The fourth-order valence-corrected chi connectivity index (χ4v) is 1.38. The fourth-order valence-electron chi connectivity index (χ4n) is 1.38. The summed E-state index contributed by atoms with van der Waals surface area (Å²) in [6.07, 6.45) is 2.58. The van der Waals surface area contributed by atoms with Crippen molar-refractivity contribution in [3.8, 4) is 0 Å². The molecule has 0 radical (unpaired) electrons. The van der Waals surface area contributed by atoms with Crippen molar-refractivity contribution in [2.45, 2.75) is 33.2 Å². The molecule has 0 spiro atoms. The average Bonchev–Trinajstić information content (AvgIpc) is 2.27. The Morgan fingerprint density at radius 1 is 1.56 bits per heavy atom. The van der Waals surface area contributed by atoms with Crippen LogP contribution in [0.5, 0.6) is 0 Å². The number of nitrogens with two attached hydrogens (primary N) is 1. The molecular formula is C12H19N3O. The van der Waals surface area contributed by atoms with Gasteiger partial charge in [0.15, 0.2) is 0 Å². The number of hydrogen-bond donors (Lipinski definition) is 2. The minimum absolute atomic E-state index is 0.0955. The summed E-state index contributed by atoms with van der Waals surface area (Å²) in [5.74, 6) is 0.730. The maximum absolute atomic E-state index is 11.8. The first kappa shape index (κ1) is 12.5. The Bertz CT molecular complexity index is 365. The number of nitrogens with zero attached hydrogens (tertiary/aromatic N) is 1. The second-order valence-electron chi connectivity index (χ2n) is 4.12. The van der Waals surface area contributed by atoms with Gasteiger partial charge in [-0.3, -0.25) is 4.79 Å². The van der Waals surface area contributed by atoms with Crippen molar-refractivity contribution < 1.29 is 4.79 Å². The standard InChI is InChI=1S/C12H19N3O/c1-4-8(2)9(3)15-12(16)10-5-6-14-11(13)7-10/h5-9H,4H2,1-3H3,(H2,13,14)(H,15,16). The van der Waals surface area contributed by atoms with E-state index in [2.05, 4.69) is 24.1 Å². The Balaban J connectivity index is 2.66. The largest absolute Gasteiger partial charge is 0.384 e. The molecule has 0 saturated heterocycles. The van der Waals surface area contributed by atoms with Crippen LogP contribution in [0.3, 0.4) is 0 Å². The molecule has 4 heteroatoms. The number of pyridine rings is 1. The second-order valence-corrected chi connectivity index (χ2v) is 4.12. The number of aromatic nitrogens is 1. The molecule has 1 rings (SSSR count). The highest BCUT2D eigenvalue weighted by molar-refractivity contribution is 5.94. The number of nitrogen functional groups attached to an aromatic ring is 1. The third kappa shape index (κ3) is 3.22. The maximum atomic E-state index is 11.8. The van der Waals surface area contributed by atoms with Crippen LogP contribution < -0.4 is 11.1 Å². The Labute approximate surface area is 96.3 Å². The van der Waals surface area contributed by atoms with Gasteiger partial charge in [0.05, 0.1) is 0 Å². The third-order valence-electron chi connectivity index (χ3n) is 2.90. The third-order valence-corrected chi connectivity index (χ3v) is 2.90. The van der Waals surface area contributed by atoms with Gasteiger partial charge < -0.3 is 11.1 Å². The Kier molecular flexibility index (Phi) is 4.28. The predicted octanol–water partition coefficient (Wildman–Crippen LogP) is 1.83. The van der Waals surface area contributed by atoms with Crippen LogP contribution in [0.2, 0.25) is 0 Å². The van der Waals surface area contributed by atoms with Crippen molar-refractivity contribution in [2.75, 3.05) is 5.73 Å². The number of rotatable bonds is 4. The van der Waals surface area contributed by atoms with Gasteiger partial charge in [-0.05, 0) is 25.0 Å². The molecule has 16 heavy (non-hydrogen) atoms. The summed E-state index contributed by atoms with van der Waals surface area (Å²) in [6, 6.07) is 3.40. The molecule has 88 valence electrons. The van der Waals surface area contributed by atoms with Crippen LogP contribution in [0, 0.1) is 5.92 Å². The normalized spacial score (nSPS) is 14.2. The summed E-state index contributed by atoms with van der Waals surface area (Å²) in [4.78, 5) is 15.7. The molecule has 0 aliphatic rings. The number of nitrogens with one attached hydrogen (secondary N) is 1. The van der Waals surface area contributed by atoms with Crippen molar-refractivity contribution >= 4 is 11.7 Å². The van der Waals surface area contributed by atoms with Gasteiger partial charge in [0, 0.05) is 17.8 Å². The first-order valence-electron chi connectivity index (χ1n) is 5.57. The summed E-state index contributed by atoms with van der Waals surface area (Å²) < 4.78 is 0. The van der Waals surface area contributed by atoms with Gasteiger partial charge in [0.25, 0.3) is 5.91 Å². The fraction of sp³-hybridized carbons (Fsp3) is 0.500. The van der Waals surface area contributed by atoms with Crippen LogP contribution >= 0.6 is 0 Å². The van der Waals surface area contributed by atoms with Crippen LogP contribution in [-0.4, -0.2) is 16.9 Å². The van der Waals surface area contributed by atoms with E-state index < -0.39 is 0 Å². The Hall–Kier alpha value is -1.58. The molecule has 2 unspecified atom stereocenters. The van der Waals surface area contributed by atoms with Crippen molar-refractivity contribution in [3.05, 3.63) is 23.9 Å². The Morgan fingerprint density at radius 2 is 2.25 bits per heavy atom. The molecule has 0 saturated carbocycles. The molecule has 1 amide bonds. The molecule has 0 aliphatic carbocycles. The monoisotopic (exact) mass is 221 g/mol. The lowest BCUT2D eigenvalue weighted by Crippen LogP contribution is -2.36. The lowest BCUT2D eigenvalue weighted by Gasteiger charge is -2.19. The number of carbonyl (C=O) groups excluding carboxylic acids is 1. The molecule has 1 aromatic heterocycles. The molecule has 0 bridgehead atoms. The van der Waals surface area contributed by atoms with E-state index in [1.165, 1.54) is 6.20 Å². The molecule has 2 atom stereocenters. The number of carbonyl (C=O) groups is 1. The zero-order valence-electron chi connectivity index (χ0n) is 10.0. The maximum Gasteiger partial charge on any atom is 0.251 e. The lowest BCUT2D eigenvalue weighted by molar-refractivity contribution is 0.0928. The second kappa shape index (κ2) is 5.49. The van der Waals surface area contributed by atoms with E-state index in [0.717, 1.165) is 6.42 Å². The molecule has 0 aromatic carbocycles. The number of hydrogen-bond acceptors (Lipinski definition) is 3. The first-order chi connectivity index (χ1) is 7.54. The van der Waals surface area contributed by atoms with Crippen LogP contribution in [0.15, 0.2) is 18.3 Å². The van der Waals surface area contributed by atoms with Gasteiger partial charge in [-0.1, -0.05) is 20.3 Å². The van der Waals surface area contributed by atoms with Gasteiger partial charge in [-0.25, -0.2) is 4.98 Å².